The summed E-state index contributed by atoms with van der Waals surface area (Å²) >= 11 is 0. The zero-order chi connectivity index (χ0) is 54.1. The zero-order valence-corrected chi connectivity index (χ0v) is 44.9. The Labute approximate surface area is 478 Å². The van der Waals surface area contributed by atoms with Gasteiger partial charge in [-0.15, -0.1) is 0 Å². The van der Waals surface area contributed by atoms with Crippen LogP contribution in [0.3, 0.4) is 0 Å². The lowest BCUT2D eigenvalue weighted by Gasteiger charge is -2.36. The van der Waals surface area contributed by atoms with Crippen LogP contribution in [0.25, 0.3) is 65.7 Å². The summed E-state index contributed by atoms with van der Waals surface area (Å²) in [6.07, 6.45) is 0. The Balaban J connectivity index is 0.874. The van der Waals surface area contributed by atoms with Crippen molar-refractivity contribution in [3.63, 3.8) is 0 Å². The molecule has 0 amide bonds. The molecular formula is C79H53N3. The maximum Gasteiger partial charge on any atom is 0.0714 e. The number of benzene rings is 14. The molecule has 1 aliphatic heterocycles. The van der Waals surface area contributed by atoms with E-state index in [0.717, 1.165) is 56.7 Å². The molecule has 3 nitrogen and oxygen atoms in total. The van der Waals surface area contributed by atoms with Gasteiger partial charge in [0.15, 0.2) is 0 Å². The quantitative estimate of drug-likeness (QED) is 0.135. The fraction of sp³-hybridized carbons (Fsp3) is 0.0127. The molecule has 3 heteroatoms. The number of fused-ring (bicyclic) bond motifs is 8. The van der Waals surface area contributed by atoms with Crippen molar-refractivity contribution in [3.8, 4) is 33.4 Å². The van der Waals surface area contributed by atoms with Crippen molar-refractivity contribution in [2.24, 2.45) is 0 Å². The Morgan fingerprint density at radius 2 is 0.768 bits per heavy atom. The van der Waals surface area contributed by atoms with E-state index in [9.17, 15) is 0 Å². The standard InChI is InChI=1S/C79H53N3/c1-6-26-56(27-7-1)79(57-28-8-2-9-29-57)71-42-21-20-37-64(71)65-49-48-62(52-72(65)79)80(58-30-10-3-11-31-58)61-46-44-54(45-47-61)70-53-76-78(68-40-19-16-36-63(68)70)69-41-22-24-55-25-23-43-75(77(55)69)82(76)74-51-50-73(66-38-17-18-39-67(66)74)81(59-32-12-4-13-33-59)60-34-14-5-15-35-60/h1-53H. The lowest BCUT2D eigenvalue weighted by molar-refractivity contribution is 0.768. The van der Waals surface area contributed by atoms with E-state index in [1.54, 1.807) is 0 Å². The Bertz CT molecular complexity index is 4650. The van der Waals surface area contributed by atoms with Crippen LogP contribution in [-0.4, -0.2) is 0 Å². The molecule has 0 atom stereocenters. The topological polar surface area (TPSA) is 9.72 Å². The summed E-state index contributed by atoms with van der Waals surface area (Å²) in [6, 6.07) is 118. The van der Waals surface area contributed by atoms with E-state index in [0.29, 0.717) is 0 Å². The predicted octanol–water partition coefficient (Wildman–Crippen LogP) is 21.6. The van der Waals surface area contributed by atoms with E-state index in [2.05, 4.69) is 336 Å². The fourth-order valence-electron chi connectivity index (χ4n) is 13.8. The third-order valence-electron chi connectivity index (χ3n) is 17.2. The first-order valence-corrected chi connectivity index (χ1v) is 28.3. The van der Waals surface area contributed by atoms with Crippen molar-refractivity contribution < 1.29 is 0 Å². The van der Waals surface area contributed by atoms with Gasteiger partial charge in [0.05, 0.1) is 28.2 Å². The molecule has 0 fully saturated rings. The molecule has 82 heavy (non-hydrogen) atoms. The van der Waals surface area contributed by atoms with Gasteiger partial charge in [0.25, 0.3) is 0 Å². The summed E-state index contributed by atoms with van der Waals surface area (Å²) in [7, 11) is 0. The van der Waals surface area contributed by atoms with Gasteiger partial charge in [-0.3, -0.25) is 0 Å². The van der Waals surface area contributed by atoms with E-state index in [-0.39, 0.29) is 0 Å². The number of nitrogens with zero attached hydrogens (tertiary/aromatic N) is 3. The van der Waals surface area contributed by atoms with Crippen LogP contribution in [0, 0.1) is 0 Å². The van der Waals surface area contributed by atoms with Gasteiger partial charge in [-0.25, -0.2) is 0 Å². The lowest BCUT2D eigenvalue weighted by Crippen LogP contribution is -2.28. The van der Waals surface area contributed by atoms with Gasteiger partial charge < -0.3 is 14.7 Å². The summed E-state index contributed by atoms with van der Waals surface area (Å²) in [5.74, 6) is 0. The number of anilines is 9. The molecule has 0 aromatic heterocycles. The summed E-state index contributed by atoms with van der Waals surface area (Å²) in [5, 5.41) is 7.23. The molecule has 14 aromatic carbocycles. The van der Waals surface area contributed by atoms with Crippen LogP contribution in [0.1, 0.15) is 22.3 Å². The average molecular weight is 1040 g/mol. The molecule has 0 N–H and O–H groups in total. The third-order valence-corrected chi connectivity index (χ3v) is 17.2. The maximum atomic E-state index is 2.55. The van der Waals surface area contributed by atoms with Gasteiger partial charge in [0, 0.05) is 50.2 Å². The summed E-state index contributed by atoms with van der Waals surface area (Å²) in [6.45, 7) is 0. The molecule has 0 radical (unpaired) electrons. The normalized spacial score (nSPS) is 12.7. The van der Waals surface area contributed by atoms with E-state index in [1.165, 1.54) is 82.4 Å². The van der Waals surface area contributed by atoms with Crippen molar-refractivity contribution in [1.29, 1.82) is 0 Å². The van der Waals surface area contributed by atoms with Crippen LogP contribution < -0.4 is 14.7 Å². The molecule has 1 heterocycles. The highest BCUT2D eigenvalue weighted by atomic mass is 15.2. The molecule has 14 aromatic rings. The molecule has 0 spiro atoms. The van der Waals surface area contributed by atoms with Gasteiger partial charge in [0.2, 0.25) is 0 Å². The SMILES string of the molecule is c1ccc(N(c2ccc(-c3cc4c(c5ccccc35)-c3cccc5cccc(c35)N4c3ccc(N(c4ccccc4)c4ccccc4)c4ccccc34)cc2)c2ccc3c(c2)C(c2ccccc2)(c2ccccc2)c2ccccc2-3)cc1. The number of hydrogen-bond acceptors (Lipinski definition) is 3. The second-order valence-electron chi connectivity index (χ2n) is 21.5. The molecule has 0 unspecified atom stereocenters. The molecule has 1 aliphatic carbocycles. The monoisotopic (exact) mass is 1040 g/mol. The van der Waals surface area contributed by atoms with Crippen molar-refractivity contribution in [2.45, 2.75) is 5.41 Å². The second kappa shape index (κ2) is 19.3. The van der Waals surface area contributed by atoms with Gasteiger partial charge in [-0.2, -0.15) is 0 Å². The first kappa shape index (κ1) is 47.3. The van der Waals surface area contributed by atoms with E-state index in [1.807, 2.05) is 0 Å². The number of rotatable bonds is 10. The Kier molecular flexibility index (Phi) is 11.1. The Morgan fingerprint density at radius 1 is 0.268 bits per heavy atom. The van der Waals surface area contributed by atoms with E-state index >= 15 is 0 Å². The Morgan fingerprint density at radius 3 is 1.43 bits per heavy atom. The zero-order valence-electron chi connectivity index (χ0n) is 44.9. The average Bonchev–Trinajstić information content (AvgIpc) is 3.57. The van der Waals surface area contributed by atoms with Crippen LogP contribution in [0.4, 0.5) is 51.2 Å². The molecule has 2 aliphatic rings. The van der Waals surface area contributed by atoms with E-state index in [4.69, 9.17) is 0 Å². The number of para-hydroxylation sites is 3. The first-order chi connectivity index (χ1) is 40.7. The van der Waals surface area contributed by atoms with Crippen LogP contribution in [0.5, 0.6) is 0 Å². The molecule has 0 bridgehead atoms. The van der Waals surface area contributed by atoms with Crippen molar-refractivity contribution >= 4 is 83.5 Å². The summed E-state index contributed by atoms with van der Waals surface area (Å²) < 4.78 is 0. The largest absolute Gasteiger partial charge is 0.310 e. The number of hydrogen-bond donors (Lipinski definition) is 0. The fourth-order valence-corrected chi connectivity index (χ4v) is 13.8. The maximum absolute atomic E-state index is 2.55. The molecule has 16 rings (SSSR count). The smallest absolute Gasteiger partial charge is 0.0714 e. The predicted molar refractivity (Wildman–Crippen MR) is 345 cm³/mol. The molecular weight excluding hydrogens is 991 g/mol. The highest BCUT2D eigenvalue weighted by Crippen LogP contribution is 2.59. The Hall–Kier alpha value is -10.7. The summed E-state index contributed by atoms with van der Waals surface area (Å²) in [5.41, 5.74) is 21.9. The van der Waals surface area contributed by atoms with Crippen LogP contribution in [-0.2, 0) is 5.41 Å². The minimum absolute atomic E-state index is 0.525. The van der Waals surface area contributed by atoms with Crippen molar-refractivity contribution in [1.82, 2.24) is 0 Å². The van der Waals surface area contributed by atoms with Gasteiger partial charge >= 0.3 is 0 Å². The minimum atomic E-state index is -0.525. The van der Waals surface area contributed by atoms with Crippen LogP contribution >= 0.6 is 0 Å². The molecule has 0 saturated heterocycles. The first-order valence-electron chi connectivity index (χ1n) is 28.3. The van der Waals surface area contributed by atoms with Crippen molar-refractivity contribution in [3.05, 3.63) is 344 Å². The highest BCUT2D eigenvalue weighted by Gasteiger charge is 2.46. The van der Waals surface area contributed by atoms with Crippen molar-refractivity contribution in [2.75, 3.05) is 14.7 Å². The second-order valence-corrected chi connectivity index (χ2v) is 21.5. The lowest BCUT2D eigenvalue weighted by atomic mass is 9.67. The highest BCUT2D eigenvalue weighted by molar-refractivity contribution is 6.23. The van der Waals surface area contributed by atoms with Crippen LogP contribution in [0.2, 0.25) is 0 Å². The van der Waals surface area contributed by atoms with Gasteiger partial charge in [-0.1, -0.05) is 237 Å². The minimum Gasteiger partial charge on any atom is -0.310 e. The molecule has 384 valence electrons. The van der Waals surface area contributed by atoms with Crippen LogP contribution in [0.15, 0.2) is 322 Å². The van der Waals surface area contributed by atoms with Gasteiger partial charge in [-0.05, 0) is 151 Å². The van der Waals surface area contributed by atoms with Gasteiger partial charge in [0.1, 0.15) is 0 Å². The molecule has 0 saturated carbocycles. The summed E-state index contributed by atoms with van der Waals surface area (Å²) in [4.78, 5) is 7.35. The van der Waals surface area contributed by atoms with E-state index < -0.39 is 5.41 Å². The third kappa shape index (κ3) is 7.30.